The molecule has 1 radical (unpaired) electrons. The number of pyridine rings is 1. The van der Waals surface area contributed by atoms with Crippen molar-refractivity contribution in [2.45, 2.75) is 87.5 Å². The average molecular weight is 933 g/mol. The number of aromatic nitrogens is 1. The van der Waals surface area contributed by atoms with Crippen molar-refractivity contribution in [2.75, 3.05) is 0 Å². The molecular weight excluding hydrogens is 882 g/mol. The molecule has 7 heteroatoms. The largest absolute Gasteiger partial charge is 0.512 e. The molecule has 7 rings (SSSR count). The first-order valence-electron chi connectivity index (χ1n) is 19.2. The van der Waals surface area contributed by atoms with Crippen LogP contribution in [0.25, 0.3) is 64.5 Å². The Morgan fingerprint density at radius 1 is 0.909 bits per heavy atom. The summed E-state index contributed by atoms with van der Waals surface area (Å²) in [5.41, 5.74) is 6.91. The van der Waals surface area contributed by atoms with Crippen molar-refractivity contribution in [1.82, 2.24) is 4.98 Å². The summed E-state index contributed by atoms with van der Waals surface area (Å²) in [7, 11) is 0. The van der Waals surface area contributed by atoms with Crippen molar-refractivity contribution in [3.8, 4) is 21.7 Å². The van der Waals surface area contributed by atoms with Gasteiger partial charge in [-0.25, -0.2) is 4.39 Å². The summed E-state index contributed by atoms with van der Waals surface area (Å²) in [6, 6.07) is 27.6. The van der Waals surface area contributed by atoms with Gasteiger partial charge in [0.2, 0.25) is 0 Å². The van der Waals surface area contributed by atoms with Crippen LogP contribution >= 0.6 is 11.3 Å². The number of ketones is 1. The smallest absolute Gasteiger partial charge is 0.162 e. The number of carbonyl (C=O) groups is 1. The third kappa shape index (κ3) is 8.96. The molecule has 0 fully saturated rings. The summed E-state index contributed by atoms with van der Waals surface area (Å²) in [6.45, 7) is 17.1. The van der Waals surface area contributed by atoms with E-state index in [0.717, 1.165) is 69.6 Å². The van der Waals surface area contributed by atoms with Crippen LogP contribution in [0.5, 0.6) is 0 Å². The van der Waals surface area contributed by atoms with Crippen LogP contribution < -0.4 is 0 Å². The molecule has 3 aromatic heterocycles. The third-order valence-corrected chi connectivity index (χ3v) is 11.8. The third-order valence-electron chi connectivity index (χ3n) is 10.5. The number of benzene rings is 4. The Labute approximate surface area is 342 Å². The van der Waals surface area contributed by atoms with Gasteiger partial charge in [-0.05, 0) is 90.1 Å². The number of rotatable bonds is 10. The Hall–Kier alpha value is -4.16. The SMILES string of the molecule is CCC(CC)C(=O)/C=C(\O)C(CC)CC.Cc1c(-c2ccc(CC(C)(C)C)cc2)sc2c(-c3[c-]c4ccccc4c4c3oc3cc(F)ccc34)nccc12.[Ir]. The number of halogens is 1. The molecule has 4 nitrogen and oxygen atoms in total. The van der Waals surface area contributed by atoms with Gasteiger partial charge in [0.15, 0.2) is 5.78 Å². The topological polar surface area (TPSA) is 63.3 Å². The fourth-order valence-corrected chi connectivity index (χ4v) is 8.75. The number of hydrogen-bond donors (Lipinski definition) is 1. The number of furan rings is 1. The van der Waals surface area contributed by atoms with E-state index >= 15 is 0 Å². The average Bonchev–Trinajstić information content (AvgIpc) is 3.70. The van der Waals surface area contributed by atoms with E-state index in [1.54, 1.807) is 17.4 Å². The monoisotopic (exact) mass is 933 g/mol. The van der Waals surface area contributed by atoms with Gasteiger partial charge in [0.25, 0.3) is 0 Å². The van der Waals surface area contributed by atoms with Crippen molar-refractivity contribution >= 4 is 59.9 Å². The summed E-state index contributed by atoms with van der Waals surface area (Å²) in [5.74, 6) is 0.231. The second-order valence-corrected chi connectivity index (χ2v) is 16.5. The van der Waals surface area contributed by atoms with Gasteiger partial charge >= 0.3 is 0 Å². The first-order chi connectivity index (χ1) is 25.9. The van der Waals surface area contributed by atoms with E-state index in [1.165, 1.54) is 45.2 Å². The second-order valence-electron chi connectivity index (χ2n) is 15.5. The van der Waals surface area contributed by atoms with Gasteiger partial charge in [0.05, 0.1) is 11.3 Å². The Morgan fingerprint density at radius 3 is 2.24 bits per heavy atom. The first kappa shape index (κ1) is 42.0. The zero-order valence-corrected chi connectivity index (χ0v) is 36.3. The van der Waals surface area contributed by atoms with Crippen LogP contribution in [-0.4, -0.2) is 15.9 Å². The standard InChI is InChI=1S/C35H27FNOS.C13H24O2.Ir/c1-20-25-15-16-37-31(34(25)39-33(20)22-11-9-21(10-12-22)19-35(2,3)4)28-17-23-7-5-6-8-26(23)30-27-14-13-24(36)18-29(27)38-32(28)30;1-5-10(6-2)12(14)9-13(15)11(7-3)8-4;/h5-16,18H,19H2,1-4H3;9-11,14H,5-8H2,1-4H3;/q-1;;/b;12-9-;. The van der Waals surface area contributed by atoms with E-state index in [0.29, 0.717) is 11.2 Å². The molecule has 0 spiro atoms. The number of aliphatic hydroxyl groups excluding tert-OH is 1. The minimum Gasteiger partial charge on any atom is -0.512 e. The normalized spacial score (nSPS) is 12.2. The van der Waals surface area contributed by atoms with Gasteiger partial charge in [0.1, 0.15) is 11.4 Å². The van der Waals surface area contributed by atoms with Crippen molar-refractivity contribution in [2.24, 2.45) is 17.3 Å². The molecule has 7 aromatic rings. The molecule has 55 heavy (non-hydrogen) atoms. The predicted molar refractivity (Wildman–Crippen MR) is 226 cm³/mol. The summed E-state index contributed by atoms with van der Waals surface area (Å²) in [5, 5.41) is 14.8. The number of aliphatic hydroxyl groups is 1. The first-order valence-corrected chi connectivity index (χ1v) is 20.1. The number of carbonyl (C=O) groups excluding carboxylic acids is 1. The van der Waals surface area contributed by atoms with E-state index in [1.807, 2.05) is 46.0 Å². The molecular formula is C48H51FIrNO3S-. The van der Waals surface area contributed by atoms with Crippen LogP contribution in [-0.2, 0) is 31.3 Å². The Balaban J connectivity index is 0.000000311. The minimum absolute atomic E-state index is 0. The maximum absolute atomic E-state index is 14.1. The fourth-order valence-electron chi connectivity index (χ4n) is 7.45. The maximum atomic E-state index is 14.1. The predicted octanol–water partition coefficient (Wildman–Crippen LogP) is 14.4. The zero-order chi connectivity index (χ0) is 38.7. The summed E-state index contributed by atoms with van der Waals surface area (Å²) < 4.78 is 21.6. The van der Waals surface area contributed by atoms with Crippen LogP contribution in [0.3, 0.4) is 0 Å². The number of hydrogen-bond acceptors (Lipinski definition) is 5. The molecule has 0 aliphatic carbocycles. The van der Waals surface area contributed by atoms with E-state index < -0.39 is 0 Å². The van der Waals surface area contributed by atoms with Gasteiger partial charge < -0.3 is 9.52 Å². The quantitative estimate of drug-likeness (QED) is 0.0843. The zero-order valence-electron chi connectivity index (χ0n) is 33.1. The molecule has 3 heterocycles. The van der Waals surface area contributed by atoms with Crippen molar-refractivity contribution in [3.05, 3.63) is 114 Å². The van der Waals surface area contributed by atoms with E-state index in [2.05, 4.69) is 76.2 Å². The van der Waals surface area contributed by atoms with E-state index in [9.17, 15) is 14.3 Å². The van der Waals surface area contributed by atoms with Gasteiger partial charge in [-0.15, -0.1) is 28.9 Å². The number of thiophene rings is 1. The Kier molecular flexibility index (Phi) is 13.6. The van der Waals surface area contributed by atoms with Crippen molar-refractivity contribution in [3.63, 3.8) is 0 Å². The van der Waals surface area contributed by atoms with Crippen LogP contribution in [0.2, 0.25) is 0 Å². The minimum atomic E-state index is -0.316. The molecule has 0 amide bonds. The van der Waals surface area contributed by atoms with Crippen LogP contribution in [0, 0.1) is 36.1 Å². The Morgan fingerprint density at radius 2 is 1.58 bits per heavy atom. The number of aryl methyl sites for hydroxylation is 1. The van der Waals surface area contributed by atoms with Crippen LogP contribution in [0.4, 0.5) is 4.39 Å². The number of nitrogens with zero attached hydrogens (tertiary/aromatic N) is 1. The summed E-state index contributed by atoms with van der Waals surface area (Å²) in [6.07, 6.45) is 7.82. The van der Waals surface area contributed by atoms with Crippen LogP contribution in [0.15, 0.2) is 95.2 Å². The molecule has 0 saturated heterocycles. The molecule has 0 unspecified atom stereocenters. The van der Waals surface area contributed by atoms with E-state index in [4.69, 9.17) is 9.40 Å². The van der Waals surface area contributed by atoms with Crippen LogP contribution in [0.1, 0.15) is 85.3 Å². The molecule has 0 bridgehead atoms. The second kappa shape index (κ2) is 17.7. The molecule has 4 aromatic carbocycles. The molecule has 289 valence electrons. The Bertz CT molecular complexity index is 2460. The fraction of sp³-hybridized carbons (Fsp3) is 0.333. The summed E-state index contributed by atoms with van der Waals surface area (Å²) >= 11 is 1.76. The van der Waals surface area contributed by atoms with Gasteiger partial charge in [-0.2, -0.15) is 0 Å². The van der Waals surface area contributed by atoms with Crippen molar-refractivity contribution < 1.29 is 38.8 Å². The van der Waals surface area contributed by atoms with Crippen molar-refractivity contribution in [1.29, 1.82) is 0 Å². The summed E-state index contributed by atoms with van der Waals surface area (Å²) in [4.78, 5) is 17.8. The van der Waals surface area contributed by atoms with Gasteiger partial charge in [0, 0.05) is 70.9 Å². The van der Waals surface area contributed by atoms with E-state index in [-0.39, 0.29) is 54.7 Å². The number of fused-ring (bicyclic) bond motifs is 6. The maximum Gasteiger partial charge on any atom is 0.162 e. The molecule has 0 saturated carbocycles. The molecule has 0 atom stereocenters. The van der Waals surface area contributed by atoms with Gasteiger partial charge in [-0.3, -0.25) is 9.78 Å². The number of allylic oxidation sites excluding steroid dienone is 2. The molecule has 0 aliphatic heterocycles. The molecule has 0 aliphatic rings. The van der Waals surface area contributed by atoms with Gasteiger partial charge in [-0.1, -0.05) is 102 Å². The molecule has 1 N–H and O–H groups in total.